The van der Waals surface area contributed by atoms with E-state index >= 15 is 0 Å². The van der Waals surface area contributed by atoms with E-state index in [-0.39, 0.29) is 18.0 Å². The molecule has 3 nitrogen and oxygen atoms in total. The van der Waals surface area contributed by atoms with Gasteiger partial charge in [0.25, 0.3) is 0 Å². The zero-order valence-electron chi connectivity index (χ0n) is 12.4. The number of Topliss-reactive ketones (excluding diaryl/α,β-unsaturated/α-hetero) is 1. The van der Waals surface area contributed by atoms with Crippen molar-refractivity contribution in [1.29, 1.82) is 0 Å². The molecule has 0 bridgehead atoms. The zero-order chi connectivity index (χ0) is 15.6. The molecule has 0 aliphatic rings. The SMILES string of the molecule is CCc1nn(CC)c(CC(=O)c2ccc(C)c(F)c2)c1Br. The van der Waals surface area contributed by atoms with Gasteiger partial charge in [-0.1, -0.05) is 19.1 Å². The predicted octanol–water partition coefficient (Wildman–Crippen LogP) is 4.10. The van der Waals surface area contributed by atoms with Crippen LogP contribution in [0.3, 0.4) is 0 Å². The molecule has 0 spiro atoms. The van der Waals surface area contributed by atoms with Crippen LogP contribution in [0.1, 0.15) is 41.2 Å². The molecule has 0 radical (unpaired) electrons. The van der Waals surface area contributed by atoms with Crippen LogP contribution in [0, 0.1) is 12.7 Å². The highest BCUT2D eigenvalue weighted by molar-refractivity contribution is 9.10. The summed E-state index contributed by atoms with van der Waals surface area (Å²) >= 11 is 3.52. The Morgan fingerprint density at radius 2 is 2.10 bits per heavy atom. The molecule has 112 valence electrons. The van der Waals surface area contributed by atoms with Crippen LogP contribution in [0.25, 0.3) is 0 Å². The average Bonchev–Trinajstić information content (AvgIpc) is 2.78. The quantitative estimate of drug-likeness (QED) is 0.759. The summed E-state index contributed by atoms with van der Waals surface area (Å²) < 4.78 is 16.3. The molecule has 1 heterocycles. The highest BCUT2D eigenvalue weighted by Crippen LogP contribution is 2.24. The van der Waals surface area contributed by atoms with E-state index in [9.17, 15) is 9.18 Å². The smallest absolute Gasteiger partial charge is 0.168 e. The topological polar surface area (TPSA) is 34.9 Å². The number of ketones is 1. The van der Waals surface area contributed by atoms with Gasteiger partial charge in [0.1, 0.15) is 5.82 Å². The first-order chi connectivity index (χ1) is 9.97. The largest absolute Gasteiger partial charge is 0.294 e. The fourth-order valence-corrected chi connectivity index (χ4v) is 2.91. The predicted molar refractivity (Wildman–Crippen MR) is 84.2 cm³/mol. The van der Waals surface area contributed by atoms with E-state index in [1.165, 1.54) is 6.07 Å². The van der Waals surface area contributed by atoms with Crippen LogP contribution < -0.4 is 0 Å². The Bertz CT molecular complexity index is 679. The summed E-state index contributed by atoms with van der Waals surface area (Å²) in [6, 6.07) is 4.60. The van der Waals surface area contributed by atoms with Crippen molar-refractivity contribution >= 4 is 21.7 Å². The van der Waals surface area contributed by atoms with Gasteiger partial charge in [-0.15, -0.1) is 0 Å². The molecule has 2 aromatic rings. The minimum Gasteiger partial charge on any atom is -0.294 e. The van der Waals surface area contributed by atoms with Crippen LogP contribution in [-0.4, -0.2) is 15.6 Å². The third kappa shape index (κ3) is 3.23. The van der Waals surface area contributed by atoms with E-state index in [0.717, 1.165) is 22.3 Å². The van der Waals surface area contributed by atoms with E-state index in [4.69, 9.17) is 0 Å². The van der Waals surface area contributed by atoms with Crippen molar-refractivity contribution in [3.8, 4) is 0 Å². The molecule has 0 aliphatic carbocycles. The van der Waals surface area contributed by atoms with Gasteiger partial charge in [-0.25, -0.2) is 4.39 Å². The third-order valence-electron chi connectivity index (χ3n) is 3.52. The zero-order valence-corrected chi connectivity index (χ0v) is 14.0. The van der Waals surface area contributed by atoms with E-state index < -0.39 is 0 Å². The maximum Gasteiger partial charge on any atom is 0.168 e. The number of nitrogens with zero attached hydrogens (tertiary/aromatic N) is 2. The monoisotopic (exact) mass is 352 g/mol. The molecule has 5 heteroatoms. The lowest BCUT2D eigenvalue weighted by Crippen LogP contribution is -2.10. The second-order valence-electron chi connectivity index (χ2n) is 4.94. The molecule has 21 heavy (non-hydrogen) atoms. The lowest BCUT2D eigenvalue weighted by molar-refractivity contribution is 0.0990. The second-order valence-corrected chi connectivity index (χ2v) is 5.73. The maximum atomic E-state index is 13.6. The van der Waals surface area contributed by atoms with E-state index in [1.807, 2.05) is 18.5 Å². The summed E-state index contributed by atoms with van der Waals surface area (Å²) in [6.45, 7) is 6.38. The Hall–Kier alpha value is -1.49. The van der Waals surface area contributed by atoms with Crippen molar-refractivity contribution in [3.63, 3.8) is 0 Å². The van der Waals surface area contributed by atoms with Crippen LogP contribution in [0.5, 0.6) is 0 Å². The van der Waals surface area contributed by atoms with E-state index in [0.29, 0.717) is 17.7 Å². The average molecular weight is 353 g/mol. The number of halogens is 2. The van der Waals surface area contributed by atoms with Crippen molar-refractivity contribution in [3.05, 3.63) is 51.0 Å². The van der Waals surface area contributed by atoms with Crippen molar-refractivity contribution in [2.75, 3.05) is 0 Å². The van der Waals surface area contributed by atoms with Crippen molar-refractivity contribution in [1.82, 2.24) is 9.78 Å². The molecule has 1 aromatic heterocycles. The molecule has 0 unspecified atom stereocenters. The van der Waals surface area contributed by atoms with Crippen LogP contribution in [0.15, 0.2) is 22.7 Å². The van der Waals surface area contributed by atoms with Gasteiger partial charge in [0, 0.05) is 12.1 Å². The first-order valence-electron chi connectivity index (χ1n) is 7.01. The lowest BCUT2D eigenvalue weighted by atomic mass is 10.0. The van der Waals surface area contributed by atoms with Gasteiger partial charge in [-0.3, -0.25) is 9.48 Å². The number of benzene rings is 1. The van der Waals surface area contributed by atoms with Crippen molar-refractivity contribution < 1.29 is 9.18 Å². The molecular weight excluding hydrogens is 335 g/mol. The maximum absolute atomic E-state index is 13.6. The summed E-state index contributed by atoms with van der Waals surface area (Å²) in [7, 11) is 0. The fraction of sp³-hybridized carbons (Fsp3) is 0.375. The molecule has 0 atom stereocenters. The van der Waals surface area contributed by atoms with E-state index in [1.54, 1.807) is 19.1 Å². The normalized spacial score (nSPS) is 10.9. The minimum atomic E-state index is -0.349. The van der Waals surface area contributed by atoms with Crippen molar-refractivity contribution in [2.45, 2.75) is 40.2 Å². The number of aromatic nitrogens is 2. The van der Waals surface area contributed by atoms with E-state index in [2.05, 4.69) is 21.0 Å². The molecule has 0 N–H and O–H groups in total. The minimum absolute atomic E-state index is 0.105. The summed E-state index contributed by atoms with van der Waals surface area (Å²) in [5, 5.41) is 4.47. The number of aryl methyl sites for hydroxylation is 3. The Morgan fingerprint density at radius 3 is 2.67 bits per heavy atom. The Labute approximate surface area is 132 Å². The molecular formula is C16H18BrFN2O. The van der Waals surface area contributed by atoms with Gasteiger partial charge in [-0.2, -0.15) is 5.10 Å². The van der Waals surface area contributed by atoms with Gasteiger partial charge in [0.15, 0.2) is 5.78 Å². The number of carbonyl (C=O) groups excluding carboxylic acids is 1. The number of carbonyl (C=O) groups is 1. The summed E-state index contributed by atoms with van der Waals surface area (Å²) in [5.74, 6) is -0.454. The molecule has 0 saturated heterocycles. The number of hydrogen-bond donors (Lipinski definition) is 0. The fourth-order valence-electron chi connectivity index (χ4n) is 2.21. The van der Waals surface area contributed by atoms with Gasteiger partial charge < -0.3 is 0 Å². The van der Waals surface area contributed by atoms with Crippen molar-refractivity contribution in [2.24, 2.45) is 0 Å². The summed E-state index contributed by atoms with van der Waals surface area (Å²) in [6.07, 6.45) is 1.01. The highest BCUT2D eigenvalue weighted by atomic mass is 79.9. The van der Waals surface area contributed by atoms with Crippen LogP contribution >= 0.6 is 15.9 Å². The first kappa shape index (κ1) is 15.9. The molecule has 0 fully saturated rings. The standard InChI is InChI=1S/C16H18BrFN2O/c1-4-13-16(17)14(20(5-2)19-13)9-15(21)11-7-6-10(3)12(18)8-11/h6-8H,4-5,9H2,1-3H3. The molecule has 1 aromatic carbocycles. The first-order valence-corrected chi connectivity index (χ1v) is 7.80. The Kier molecular flexibility index (Phi) is 4.93. The van der Waals surface area contributed by atoms with Crippen LogP contribution in [0.4, 0.5) is 4.39 Å². The lowest BCUT2D eigenvalue weighted by Gasteiger charge is -2.06. The third-order valence-corrected chi connectivity index (χ3v) is 4.43. The molecule has 0 saturated carbocycles. The summed E-state index contributed by atoms with van der Waals surface area (Å²) in [4.78, 5) is 12.4. The van der Waals surface area contributed by atoms with Crippen LogP contribution in [0.2, 0.25) is 0 Å². The highest BCUT2D eigenvalue weighted by Gasteiger charge is 2.18. The van der Waals surface area contributed by atoms with Gasteiger partial charge in [0.05, 0.1) is 22.3 Å². The number of rotatable bonds is 5. The Balaban J connectivity index is 2.31. The Morgan fingerprint density at radius 1 is 1.38 bits per heavy atom. The number of hydrogen-bond acceptors (Lipinski definition) is 2. The molecule has 0 aliphatic heterocycles. The van der Waals surface area contributed by atoms with Gasteiger partial charge >= 0.3 is 0 Å². The second kappa shape index (κ2) is 6.52. The molecule has 0 amide bonds. The summed E-state index contributed by atoms with van der Waals surface area (Å²) in [5.41, 5.74) is 2.72. The van der Waals surface area contributed by atoms with Gasteiger partial charge in [0.2, 0.25) is 0 Å². The van der Waals surface area contributed by atoms with Crippen LogP contribution in [-0.2, 0) is 19.4 Å². The van der Waals surface area contributed by atoms with Gasteiger partial charge in [-0.05, 0) is 47.8 Å². The molecule has 2 rings (SSSR count).